The van der Waals surface area contributed by atoms with Crippen LogP contribution < -0.4 is 5.32 Å². The van der Waals surface area contributed by atoms with Crippen LogP contribution in [0.3, 0.4) is 0 Å². The van der Waals surface area contributed by atoms with Gasteiger partial charge in [-0.2, -0.15) is 5.10 Å². The van der Waals surface area contributed by atoms with Crippen LogP contribution in [0.25, 0.3) is 10.6 Å². The summed E-state index contributed by atoms with van der Waals surface area (Å²) in [5, 5.41) is 12.9. The van der Waals surface area contributed by atoms with Crippen molar-refractivity contribution in [1.29, 1.82) is 0 Å². The molecule has 0 saturated heterocycles. The molecular formula is C16H21N5S. The fraction of sp³-hybridized carbons (Fsp3) is 0.375. The minimum atomic E-state index is 0.546. The average Bonchev–Trinajstić information content (AvgIpc) is 3.21. The Morgan fingerprint density at radius 2 is 2.36 bits per heavy atom. The van der Waals surface area contributed by atoms with Gasteiger partial charge in [0.2, 0.25) is 0 Å². The molecule has 3 aromatic rings. The topological polar surface area (TPSA) is 58.5 Å². The molecule has 3 heterocycles. The van der Waals surface area contributed by atoms with Gasteiger partial charge < -0.3 is 9.88 Å². The first kappa shape index (κ1) is 15.0. The van der Waals surface area contributed by atoms with Crippen LogP contribution in [0.5, 0.6) is 0 Å². The molecule has 0 aliphatic heterocycles. The summed E-state index contributed by atoms with van der Waals surface area (Å²) in [6.45, 7) is 7.08. The Balaban J connectivity index is 1.51. The molecule has 5 nitrogen and oxygen atoms in total. The Kier molecular flexibility index (Phi) is 4.70. The normalized spacial score (nSPS) is 12.6. The molecule has 0 aliphatic carbocycles. The third-order valence-corrected chi connectivity index (χ3v) is 4.61. The fourth-order valence-corrected chi connectivity index (χ4v) is 3.28. The van der Waals surface area contributed by atoms with Crippen molar-refractivity contribution < 1.29 is 0 Å². The number of H-pyrrole nitrogens is 1. The number of rotatable bonds is 7. The Bertz CT molecular complexity index is 698. The molecule has 0 bridgehead atoms. The quantitative estimate of drug-likeness (QED) is 0.704. The highest BCUT2D eigenvalue weighted by Crippen LogP contribution is 2.25. The summed E-state index contributed by atoms with van der Waals surface area (Å²) in [5.41, 5.74) is 2.34. The smallest absolute Gasteiger partial charge is 0.105 e. The average molecular weight is 315 g/mol. The van der Waals surface area contributed by atoms with Crippen LogP contribution in [0.1, 0.15) is 18.3 Å². The van der Waals surface area contributed by atoms with Crippen LogP contribution in [0.2, 0.25) is 0 Å². The zero-order chi connectivity index (χ0) is 15.4. The first-order chi connectivity index (χ1) is 10.7. The molecule has 3 aromatic heterocycles. The number of hydrogen-bond donors (Lipinski definition) is 2. The molecule has 22 heavy (non-hydrogen) atoms. The largest absolute Gasteiger partial charge is 0.335 e. The van der Waals surface area contributed by atoms with E-state index in [1.165, 1.54) is 10.4 Å². The molecule has 1 atom stereocenters. The molecule has 0 fully saturated rings. The van der Waals surface area contributed by atoms with Crippen molar-refractivity contribution in [1.82, 2.24) is 25.1 Å². The SMILES string of the molecule is Cc1nccn1CC(C)CNCc1cn[nH]c1-c1cccs1. The Morgan fingerprint density at radius 3 is 3.09 bits per heavy atom. The van der Waals surface area contributed by atoms with Crippen molar-refractivity contribution in [3.05, 3.63) is 47.5 Å². The van der Waals surface area contributed by atoms with Gasteiger partial charge in [-0.1, -0.05) is 13.0 Å². The second kappa shape index (κ2) is 6.89. The van der Waals surface area contributed by atoms with E-state index in [2.05, 4.69) is 49.5 Å². The van der Waals surface area contributed by atoms with Gasteiger partial charge in [-0.15, -0.1) is 11.3 Å². The predicted octanol–water partition coefficient (Wildman–Crippen LogP) is 3.07. The zero-order valence-electron chi connectivity index (χ0n) is 12.9. The Hall–Kier alpha value is -1.92. The standard InChI is InChI=1S/C16H21N5S/c1-12(11-21-6-5-18-13(21)2)8-17-9-14-10-19-20-16(14)15-4-3-7-22-15/h3-7,10,12,17H,8-9,11H2,1-2H3,(H,19,20). The lowest BCUT2D eigenvalue weighted by Gasteiger charge is -2.14. The maximum absolute atomic E-state index is 4.26. The van der Waals surface area contributed by atoms with Crippen LogP contribution in [0.15, 0.2) is 36.1 Å². The molecular weight excluding hydrogens is 294 g/mol. The first-order valence-electron chi connectivity index (χ1n) is 7.48. The summed E-state index contributed by atoms with van der Waals surface area (Å²) in [6.07, 6.45) is 5.80. The summed E-state index contributed by atoms with van der Waals surface area (Å²) in [5.74, 6) is 1.62. The van der Waals surface area contributed by atoms with E-state index < -0.39 is 0 Å². The monoisotopic (exact) mass is 315 g/mol. The summed E-state index contributed by atoms with van der Waals surface area (Å²) < 4.78 is 2.20. The number of thiophene rings is 1. The summed E-state index contributed by atoms with van der Waals surface area (Å²) >= 11 is 1.73. The molecule has 0 radical (unpaired) electrons. The van der Waals surface area contributed by atoms with Gasteiger partial charge in [0.25, 0.3) is 0 Å². The van der Waals surface area contributed by atoms with Crippen molar-refractivity contribution in [2.24, 2.45) is 5.92 Å². The molecule has 2 N–H and O–H groups in total. The van der Waals surface area contributed by atoms with Gasteiger partial charge in [0.1, 0.15) is 5.82 Å². The highest BCUT2D eigenvalue weighted by atomic mass is 32.1. The van der Waals surface area contributed by atoms with E-state index in [1.54, 1.807) is 11.3 Å². The Morgan fingerprint density at radius 1 is 1.45 bits per heavy atom. The number of aromatic amines is 1. The van der Waals surface area contributed by atoms with Gasteiger partial charge in [0.05, 0.1) is 16.8 Å². The highest BCUT2D eigenvalue weighted by Gasteiger charge is 2.09. The lowest BCUT2D eigenvalue weighted by atomic mass is 10.1. The number of nitrogens with one attached hydrogen (secondary N) is 2. The Labute approximate surface area is 134 Å². The number of nitrogens with zero attached hydrogens (tertiary/aromatic N) is 3. The van der Waals surface area contributed by atoms with E-state index in [4.69, 9.17) is 0 Å². The van der Waals surface area contributed by atoms with E-state index in [9.17, 15) is 0 Å². The summed E-state index contributed by atoms with van der Waals surface area (Å²) in [6, 6.07) is 4.18. The van der Waals surface area contributed by atoms with Gasteiger partial charge in [-0.25, -0.2) is 4.98 Å². The molecule has 0 aromatic carbocycles. The third kappa shape index (κ3) is 3.45. The van der Waals surface area contributed by atoms with Crippen molar-refractivity contribution >= 4 is 11.3 Å². The van der Waals surface area contributed by atoms with Gasteiger partial charge >= 0.3 is 0 Å². The van der Waals surface area contributed by atoms with Crippen LogP contribution in [0.4, 0.5) is 0 Å². The molecule has 0 spiro atoms. The maximum atomic E-state index is 4.26. The molecule has 1 unspecified atom stereocenters. The molecule has 3 rings (SSSR count). The lowest BCUT2D eigenvalue weighted by Crippen LogP contribution is -2.24. The number of aromatic nitrogens is 4. The molecule has 0 saturated carbocycles. The second-order valence-electron chi connectivity index (χ2n) is 5.61. The number of imidazole rings is 1. The lowest BCUT2D eigenvalue weighted by molar-refractivity contribution is 0.440. The third-order valence-electron chi connectivity index (χ3n) is 3.73. The van der Waals surface area contributed by atoms with Gasteiger partial charge in [-0.3, -0.25) is 5.10 Å². The minimum absolute atomic E-state index is 0.546. The van der Waals surface area contributed by atoms with Crippen molar-refractivity contribution in [3.8, 4) is 10.6 Å². The van der Waals surface area contributed by atoms with E-state index in [0.717, 1.165) is 31.2 Å². The number of aryl methyl sites for hydroxylation is 1. The van der Waals surface area contributed by atoms with E-state index >= 15 is 0 Å². The van der Waals surface area contributed by atoms with Crippen molar-refractivity contribution in [2.45, 2.75) is 26.9 Å². The molecule has 116 valence electrons. The van der Waals surface area contributed by atoms with E-state index in [1.807, 2.05) is 25.5 Å². The zero-order valence-corrected chi connectivity index (χ0v) is 13.7. The van der Waals surface area contributed by atoms with Crippen LogP contribution >= 0.6 is 11.3 Å². The van der Waals surface area contributed by atoms with Gasteiger partial charge in [-0.05, 0) is 30.8 Å². The molecule has 0 aliphatic rings. The molecule has 6 heteroatoms. The molecule has 0 amide bonds. The van der Waals surface area contributed by atoms with E-state index in [0.29, 0.717) is 5.92 Å². The highest BCUT2D eigenvalue weighted by molar-refractivity contribution is 7.13. The van der Waals surface area contributed by atoms with Crippen molar-refractivity contribution in [3.63, 3.8) is 0 Å². The predicted molar refractivity (Wildman–Crippen MR) is 89.7 cm³/mol. The van der Waals surface area contributed by atoms with E-state index in [-0.39, 0.29) is 0 Å². The van der Waals surface area contributed by atoms with Crippen molar-refractivity contribution in [2.75, 3.05) is 6.54 Å². The maximum Gasteiger partial charge on any atom is 0.105 e. The summed E-state index contributed by atoms with van der Waals surface area (Å²) in [4.78, 5) is 5.49. The number of hydrogen-bond acceptors (Lipinski definition) is 4. The fourth-order valence-electron chi connectivity index (χ4n) is 2.53. The minimum Gasteiger partial charge on any atom is -0.335 e. The van der Waals surface area contributed by atoms with Crippen LogP contribution in [-0.2, 0) is 13.1 Å². The van der Waals surface area contributed by atoms with Crippen LogP contribution in [-0.4, -0.2) is 26.3 Å². The van der Waals surface area contributed by atoms with Crippen LogP contribution in [0, 0.1) is 12.8 Å². The van der Waals surface area contributed by atoms with Gasteiger partial charge in [0, 0.05) is 31.0 Å². The van der Waals surface area contributed by atoms with Gasteiger partial charge in [0.15, 0.2) is 0 Å². The first-order valence-corrected chi connectivity index (χ1v) is 8.36. The second-order valence-corrected chi connectivity index (χ2v) is 6.56. The summed E-state index contributed by atoms with van der Waals surface area (Å²) in [7, 11) is 0.